The van der Waals surface area contributed by atoms with E-state index in [9.17, 15) is 14.9 Å². The number of allylic oxidation sites excluding steroid dienone is 3. The van der Waals surface area contributed by atoms with Gasteiger partial charge >= 0.3 is 0 Å². The van der Waals surface area contributed by atoms with E-state index in [-0.39, 0.29) is 28.8 Å². The molecule has 0 spiro atoms. The molecule has 0 fully saturated rings. The fourth-order valence-electron chi connectivity index (χ4n) is 5.01. The van der Waals surface area contributed by atoms with Crippen molar-refractivity contribution in [1.82, 2.24) is 10.2 Å². The van der Waals surface area contributed by atoms with Gasteiger partial charge in [0.1, 0.15) is 23.1 Å². The Morgan fingerprint density at radius 3 is 2.55 bits per heavy atom. The first kappa shape index (κ1) is 29.0. The van der Waals surface area contributed by atoms with Crippen LogP contribution in [0.5, 0.6) is 17.2 Å². The van der Waals surface area contributed by atoms with E-state index in [4.69, 9.17) is 19.9 Å². The first-order valence-electron chi connectivity index (χ1n) is 13.0. The minimum Gasteiger partial charge on any atom is -0.497 e. The zero-order chi connectivity index (χ0) is 29.8. The Labute approximate surface area is 251 Å². The number of carbonyl (C=O) groups is 2. The molecule has 3 N–H and O–H groups in total. The molecule has 0 bridgehead atoms. The van der Waals surface area contributed by atoms with Crippen LogP contribution in [0.3, 0.4) is 0 Å². The third kappa shape index (κ3) is 5.63. The van der Waals surface area contributed by atoms with Gasteiger partial charge in [0, 0.05) is 23.8 Å². The number of amides is 1. The molecule has 216 valence electrons. The molecule has 2 aromatic carbocycles. The van der Waals surface area contributed by atoms with E-state index < -0.39 is 5.92 Å². The molecule has 1 atom stereocenters. The average Bonchev–Trinajstić information content (AvgIpc) is 3.48. The van der Waals surface area contributed by atoms with Crippen molar-refractivity contribution in [3.8, 4) is 23.3 Å². The number of nitrogens with zero attached hydrogens (tertiary/aromatic N) is 4. The molecule has 2 heterocycles. The third-order valence-corrected chi connectivity index (χ3v) is 9.00. The van der Waals surface area contributed by atoms with Crippen molar-refractivity contribution < 1.29 is 23.8 Å². The van der Waals surface area contributed by atoms with Gasteiger partial charge in [-0.3, -0.25) is 14.5 Å². The molecule has 13 heteroatoms. The van der Waals surface area contributed by atoms with Gasteiger partial charge in [0.2, 0.25) is 11.0 Å². The van der Waals surface area contributed by atoms with Crippen molar-refractivity contribution in [1.29, 1.82) is 5.26 Å². The van der Waals surface area contributed by atoms with Gasteiger partial charge in [0.25, 0.3) is 0 Å². The van der Waals surface area contributed by atoms with Crippen molar-refractivity contribution in [2.45, 2.75) is 29.5 Å². The standard InChI is InChI=1S/C29H28N6O5S2/c1-38-17-9-7-16(8-10-17)25-19(14-30)27(31)35(21-5-4-6-22(36)26(21)25)28-33-34-29(42-28)41-15-24(37)32-20-13-18(39-2)11-12-23(20)40-3/h7-13,25H,4-6,15,31H2,1-3H3,(H,32,37). The van der Waals surface area contributed by atoms with Crippen LogP contribution >= 0.6 is 23.1 Å². The van der Waals surface area contributed by atoms with Gasteiger partial charge in [-0.25, -0.2) is 0 Å². The van der Waals surface area contributed by atoms with Crippen LogP contribution < -0.4 is 30.2 Å². The van der Waals surface area contributed by atoms with Crippen LogP contribution in [0.25, 0.3) is 0 Å². The summed E-state index contributed by atoms with van der Waals surface area (Å²) in [7, 11) is 4.64. The highest BCUT2D eigenvalue weighted by Gasteiger charge is 2.41. The number of anilines is 2. The summed E-state index contributed by atoms with van der Waals surface area (Å²) in [6.45, 7) is 0. The molecule has 1 aromatic heterocycles. The van der Waals surface area contributed by atoms with Gasteiger partial charge in [-0.05, 0) is 42.7 Å². The number of ketones is 1. The predicted octanol–water partition coefficient (Wildman–Crippen LogP) is 4.60. The summed E-state index contributed by atoms with van der Waals surface area (Å²) in [5, 5.41) is 22.0. The van der Waals surface area contributed by atoms with Crippen LogP contribution in [0.15, 0.2) is 69.5 Å². The summed E-state index contributed by atoms with van der Waals surface area (Å²) in [6.07, 6.45) is 1.65. The number of benzene rings is 2. The second kappa shape index (κ2) is 12.5. The van der Waals surface area contributed by atoms with Crippen molar-refractivity contribution in [2.24, 2.45) is 5.73 Å². The second-order valence-electron chi connectivity index (χ2n) is 9.34. The normalized spacial score (nSPS) is 16.6. The molecule has 0 saturated carbocycles. The first-order valence-corrected chi connectivity index (χ1v) is 14.8. The number of aromatic nitrogens is 2. The Kier molecular flexibility index (Phi) is 8.65. The highest BCUT2D eigenvalue weighted by molar-refractivity contribution is 8.01. The molecule has 1 unspecified atom stereocenters. The molecule has 0 saturated heterocycles. The maximum Gasteiger partial charge on any atom is 0.234 e. The molecule has 5 rings (SSSR count). The third-order valence-electron chi connectivity index (χ3n) is 6.96. The number of rotatable bonds is 9. The number of hydrogen-bond acceptors (Lipinski definition) is 12. The monoisotopic (exact) mass is 604 g/mol. The lowest BCUT2D eigenvalue weighted by Gasteiger charge is -2.38. The minimum atomic E-state index is -0.584. The van der Waals surface area contributed by atoms with E-state index in [1.807, 2.05) is 12.1 Å². The van der Waals surface area contributed by atoms with Gasteiger partial charge in [-0.2, -0.15) is 5.26 Å². The van der Waals surface area contributed by atoms with Crippen LogP contribution in [-0.4, -0.2) is 49.0 Å². The van der Waals surface area contributed by atoms with E-state index in [1.165, 1.54) is 30.2 Å². The van der Waals surface area contributed by atoms with Crippen molar-refractivity contribution in [3.05, 3.63) is 70.7 Å². The van der Waals surface area contributed by atoms with E-state index >= 15 is 0 Å². The Bertz CT molecular complexity index is 1630. The van der Waals surface area contributed by atoms with E-state index in [0.717, 1.165) is 11.3 Å². The molecule has 1 aliphatic heterocycles. The number of carbonyl (C=O) groups excluding carboxylic acids is 2. The van der Waals surface area contributed by atoms with Crippen LogP contribution in [-0.2, 0) is 9.59 Å². The van der Waals surface area contributed by atoms with Crippen molar-refractivity contribution in [2.75, 3.05) is 37.3 Å². The lowest BCUT2D eigenvalue weighted by atomic mass is 9.76. The molecule has 0 radical (unpaired) electrons. The maximum atomic E-state index is 13.3. The fraction of sp³-hybridized carbons (Fsp3) is 0.276. The fourth-order valence-corrected chi connectivity index (χ4v) is 6.69. The van der Waals surface area contributed by atoms with Gasteiger partial charge in [0.15, 0.2) is 10.1 Å². The Morgan fingerprint density at radius 2 is 1.86 bits per heavy atom. The largest absolute Gasteiger partial charge is 0.497 e. The highest BCUT2D eigenvalue weighted by Crippen LogP contribution is 2.47. The Morgan fingerprint density at radius 1 is 1.12 bits per heavy atom. The van der Waals surface area contributed by atoms with Gasteiger partial charge in [0.05, 0.1) is 50.3 Å². The van der Waals surface area contributed by atoms with Crippen LogP contribution in [0.1, 0.15) is 30.7 Å². The quantitative estimate of drug-likeness (QED) is 0.330. The molecule has 2 aliphatic rings. The number of Topliss-reactive ketones (excluding diaryl/α,β-unsaturated/α-hetero) is 1. The van der Waals surface area contributed by atoms with Crippen molar-refractivity contribution >= 4 is 45.6 Å². The second-order valence-corrected chi connectivity index (χ2v) is 11.5. The molecule has 3 aromatic rings. The minimum absolute atomic E-state index is 0.0222. The molecule has 11 nitrogen and oxygen atoms in total. The summed E-state index contributed by atoms with van der Waals surface area (Å²) in [5.74, 6) is 1.17. The summed E-state index contributed by atoms with van der Waals surface area (Å²) >= 11 is 2.45. The highest BCUT2D eigenvalue weighted by atomic mass is 32.2. The molecule has 42 heavy (non-hydrogen) atoms. The molecule has 1 amide bonds. The summed E-state index contributed by atoms with van der Waals surface area (Å²) < 4.78 is 16.4. The molecular formula is C29H28N6O5S2. The first-order chi connectivity index (χ1) is 20.4. The Hall–Kier alpha value is -4.54. The lowest BCUT2D eigenvalue weighted by Crippen LogP contribution is -2.38. The number of nitrogens with two attached hydrogens (primary N) is 1. The smallest absolute Gasteiger partial charge is 0.234 e. The summed E-state index contributed by atoms with van der Waals surface area (Å²) in [6, 6.07) is 14.7. The zero-order valence-corrected chi connectivity index (χ0v) is 24.8. The predicted molar refractivity (Wildman–Crippen MR) is 160 cm³/mol. The molecule has 1 aliphatic carbocycles. The average molecular weight is 605 g/mol. The van der Waals surface area contributed by atoms with E-state index in [1.54, 1.807) is 49.5 Å². The number of methoxy groups -OCH3 is 3. The van der Waals surface area contributed by atoms with Gasteiger partial charge < -0.3 is 25.3 Å². The number of thioether (sulfide) groups is 1. The van der Waals surface area contributed by atoms with Crippen LogP contribution in [0.4, 0.5) is 10.8 Å². The number of nitrogens with one attached hydrogen (secondary N) is 1. The van der Waals surface area contributed by atoms with E-state index in [2.05, 4.69) is 21.6 Å². The maximum absolute atomic E-state index is 13.3. The number of hydrogen-bond donors (Lipinski definition) is 2. The van der Waals surface area contributed by atoms with Crippen molar-refractivity contribution in [3.63, 3.8) is 0 Å². The molecular weight excluding hydrogens is 576 g/mol. The van der Waals surface area contributed by atoms with Gasteiger partial charge in [-0.1, -0.05) is 35.2 Å². The summed E-state index contributed by atoms with van der Waals surface area (Å²) in [4.78, 5) is 27.7. The zero-order valence-electron chi connectivity index (χ0n) is 23.2. The van der Waals surface area contributed by atoms with Gasteiger partial charge in [-0.15, -0.1) is 10.2 Å². The van der Waals surface area contributed by atoms with Crippen LogP contribution in [0.2, 0.25) is 0 Å². The Balaban J connectivity index is 1.39. The number of nitriles is 1. The SMILES string of the molecule is COc1ccc(C2C(C#N)=C(N)N(c3nnc(SCC(=O)Nc4cc(OC)ccc4OC)s3)C3=C2C(=O)CCC3)cc1. The number of ether oxygens (including phenoxy) is 3. The summed E-state index contributed by atoms with van der Waals surface area (Å²) in [5.41, 5.74) is 9.44. The van der Waals surface area contributed by atoms with E-state index in [0.29, 0.717) is 57.2 Å². The van der Waals surface area contributed by atoms with Crippen LogP contribution in [0, 0.1) is 11.3 Å². The topological polar surface area (TPSA) is 153 Å². The lowest BCUT2D eigenvalue weighted by molar-refractivity contribution is -0.116.